The molecule has 0 N–H and O–H groups in total. The molecule has 1 rings (SSSR count). The molecule has 0 saturated carbocycles. The highest BCUT2D eigenvalue weighted by Crippen LogP contribution is 2.11. The molecule has 1 saturated heterocycles. The maximum atomic E-state index is 5.07. The zero-order valence-electron chi connectivity index (χ0n) is 8.09. The van der Waals surface area contributed by atoms with E-state index in [0.717, 1.165) is 6.61 Å². The molecule has 0 aromatic heterocycles. The Hall–Kier alpha value is -0.300. The van der Waals surface area contributed by atoms with Crippen LogP contribution in [0.25, 0.3) is 0 Å². The highest BCUT2D eigenvalue weighted by molar-refractivity contribution is 4.95. The van der Waals surface area contributed by atoms with Gasteiger partial charge in [-0.25, -0.2) is 0 Å². The third kappa shape index (κ3) is 5.36. The summed E-state index contributed by atoms with van der Waals surface area (Å²) in [5.41, 5.74) is 0. The minimum Gasteiger partial charge on any atom is -0.369 e. The van der Waals surface area contributed by atoms with Gasteiger partial charge in [0.05, 0.1) is 12.7 Å². The minimum atomic E-state index is 0.473. The van der Waals surface area contributed by atoms with E-state index in [1.807, 2.05) is 0 Å². The van der Waals surface area contributed by atoms with Crippen LogP contribution in [0.2, 0.25) is 0 Å². The van der Waals surface area contributed by atoms with E-state index in [1.165, 1.54) is 38.5 Å². The van der Waals surface area contributed by atoms with Crippen molar-refractivity contribution in [3.8, 4) is 0 Å². The second kappa shape index (κ2) is 6.24. The summed E-state index contributed by atoms with van der Waals surface area (Å²) in [6.45, 7) is 3.21. The lowest BCUT2D eigenvalue weighted by Gasteiger charge is -1.95. The highest BCUT2D eigenvalue weighted by atomic mass is 16.6. The van der Waals surface area contributed by atoms with E-state index in [1.54, 1.807) is 0 Å². The van der Waals surface area contributed by atoms with Gasteiger partial charge in [0, 0.05) is 0 Å². The first kappa shape index (κ1) is 9.79. The van der Waals surface area contributed by atoms with Crippen molar-refractivity contribution in [3.63, 3.8) is 0 Å². The maximum Gasteiger partial charge on any atom is 0.0991 e. The van der Waals surface area contributed by atoms with Gasteiger partial charge in [0.15, 0.2) is 0 Å². The highest BCUT2D eigenvalue weighted by Gasteiger charge is 2.17. The number of epoxide rings is 1. The molecular weight excluding hydrogens is 148 g/mol. The third-order valence-corrected chi connectivity index (χ3v) is 2.18. The van der Waals surface area contributed by atoms with Crippen molar-refractivity contribution in [1.82, 2.24) is 0 Å². The molecule has 12 heavy (non-hydrogen) atoms. The lowest BCUT2D eigenvalue weighted by Crippen LogP contribution is -1.77. The number of allylic oxidation sites excluding steroid dienone is 1. The van der Waals surface area contributed by atoms with E-state index < -0.39 is 0 Å². The molecular formula is C11H20O. The molecule has 0 aromatic rings. The molecule has 0 spiro atoms. The molecule has 0 aromatic carbocycles. The zero-order valence-corrected chi connectivity index (χ0v) is 8.09. The Bertz CT molecular complexity index is 125. The van der Waals surface area contributed by atoms with Crippen LogP contribution in [0.5, 0.6) is 0 Å². The Kier molecular flexibility index (Phi) is 5.09. The number of rotatable bonds is 7. The number of hydrogen-bond acceptors (Lipinski definition) is 1. The van der Waals surface area contributed by atoms with Gasteiger partial charge in [-0.3, -0.25) is 0 Å². The van der Waals surface area contributed by atoms with Gasteiger partial charge in [-0.2, -0.15) is 0 Å². The average Bonchev–Trinajstić information content (AvgIpc) is 2.87. The molecule has 1 atom stereocenters. The van der Waals surface area contributed by atoms with Gasteiger partial charge in [-0.05, 0) is 12.8 Å². The Morgan fingerprint density at radius 2 is 2.00 bits per heavy atom. The largest absolute Gasteiger partial charge is 0.369 e. The Balaban J connectivity index is 1.75. The summed E-state index contributed by atoms with van der Waals surface area (Å²) in [5.74, 6) is 0. The van der Waals surface area contributed by atoms with E-state index in [-0.39, 0.29) is 0 Å². The van der Waals surface area contributed by atoms with Crippen molar-refractivity contribution >= 4 is 0 Å². The van der Waals surface area contributed by atoms with Crippen molar-refractivity contribution < 1.29 is 4.74 Å². The Morgan fingerprint density at radius 1 is 1.25 bits per heavy atom. The molecule has 1 heterocycles. The van der Waals surface area contributed by atoms with E-state index >= 15 is 0 Å². The van der Waals surface area contributed by atoms with Crippen LogP contribution in [0.15, 0.2) is 12.2 Å². The van der Waals surface area contributed by atoms with E-state index in [4.69, 9.17) is 4.74 Å². The first-order valence-electron chi connectivity index (χ1n) is 5.21. The molecule has 0 radical (unpaired) electrons. The summed E-state index contributed by atoms with van der Waals surface area (Å²) in [7, 11) is 0. The van der Waals surface area contributed by atoms with Gasteiger partial charge in [0.2, 0.25) is 0 Å². The SMILES string of the molecule is CCCCCCC/C=C/C1CO1. The fourth-order valence-electron chi connectivity index (χ4n) is 1.28. The van der Waals surface area contributed by atoms with E-state index in [2.05, 4.69) is 19.1 Å². The summed E-state index contributed by atoms with van der Waals surface area (Å²) < 4.78 is 5.07. The molecule has 1 unspecified atom stereocenters. The van der Waals surface area contributed by atoms with Crippen molar-refractivity contribution in [3.05, 3.63) is 12.2 Å². The summed E-state index contributed by atoms with van der Waals surface area (Å²) in [5, 5.41) is 0. The predicted octanol–water partition coefficient (Wildman–Crippen LogP) is 3.30. The van der Waals surface area contributed by atoms with Crippen LogP contribution in [0.4, 0.5) is 0 Å². The van der Waals surface area contributed by atoms with Crippen LogP contribution in [0.1, 0.15) is 45.4 Å². The van der Waals surface area contributed by atoms with Gasteiger partial charge < -0.3 is 4.74 Å². The van der Waals surface area contributed by atoms with Gasteiger partial charge in [0.25, 0.3) is 0 Å². The lowest BCUT2D eigenvalue weighted by atomic mass is 10.1. The number of unbranched alkanes of at least 4 members (excludes halogenated alkanes) is 5. The van der Waals surface area contributed by atoms with Crippen molar-refractivity contribution in [1.29, 1.82) is 0 Å². The van der Waals surface area contributed by atoms with E-state index in [0.29, 0.717) is 6.10 Å². The topological polar surface area (TPSA) is 12.5 Å². The van der Waals surface area contributed by atoms with Gasteiger partial charge in [-0.15, -0.1) is 0 Å². The summed E-state index contributed by atoms with van der Waals surface area (Å²) >= 11 is 0. The van der Waals surface area contributed by atoms with Crippen LogP contribution in [0.3, 0.4) is 0 Å². The number of hydrogen-bond donors (Lipinski definition) is 0. The normalized spacial score (nSPS) is 21.9. The fourth-order valence-corrected chi connectivity index (χ4v) is 1.28. The predicted molar refractivity (Wildman–Crippen MR) is 52.3 cm³/mol. The van der Waals surface area contributed by atoms with Crippen LogP contribution < -0.4 is 0 Å². The molecule has 1 fully saturated rings. The lowest BCUT2D eigenvalue weighted by molar-refractivity contribution is 0.439. The fraction of sp³-hybridized carbons (Fsp3) is 0.818. The average molecular weight is 168 g/mol. The minimum absolute atomic E-state index is 0.473. The molecule has 0 aliphatic carbocycles. The first-order chi connectivity index (χ1) is 5.93. The standard InChI is InChI=1S/C11H20O/c1-2-3-4-5-6-7-8-9-11-10-12-11/h8-9,11H,2-7,10H2,1H3/b9-8+. The van der Waals surface area contributed by atoms with Crippen LogP contribution in [-0.2, 0) is 4.74 Å². The first-order valence-corrected chi connectivity index (χ1v) is 5.21. The molecule has 1 aliphatic rings. The second-order valence-electron chi connectivity index (χ2n) is 3.50. The molecule has 1 aliphatic heterocycles. The second-order valence-corrected chi connectivity index (χ2v) is 3.50. The number of ether oxygens (including phenoxy) is 1. The smallest absolute Gasteiger partial charge is 0.0991 e. The summed E-state index contributed by atoms with van der Waals surface area (Å²) in [6, 6.07) is 0. The molecule has 1 nitrogen and oxygen atoms in total. The van der Waals surface area contributed by atoms with Crippen LogP contribution >= 0.6 is 0 Å². The summed E-state index contributed by atoms with van der Waals surface area (Å²) in [4.78, 5) is 0. The van der Waals surface area contributed by atoms with Gasteiger partial charge >= 0.3 is 0 Å². The molecule has 0 amide bonds. The van der Waals surface area contributed by atoms with Crippen molar-refractivity contribution in [2.45, 2.75) is 51.6 Å². The third-order valence-electron chi connectivity index (χ3n) is 2.18. The Labute approximate surface area is 75.8 Å². The van der Waals surface area contributed by atoms with Crippen molar-refractivity contribution in [2.75, 3.05) is 6.61 Å². The molecule has 0 bridgehead atoms. The quantitative estimate of drug-likeness (QED) is 0.323. The van der Waals surface area contributed by atoms with Crippen LogP contribution in [-0.4, -0.2) is 12.7 Å². The van der Waals surface area contributed by atoms with Gasteiger partial charge in [-0.1, -0.05) is 44.8 Å². The van der Waals surface area contributed by atoms with E-state index in [9.17, 15) is 0 Å². The zero-order chi connectivity index (χ0) is 8.65. The molecule has 1 heteroatoms. The maximum absolute atomic E-state index is 5.07. The summed E-state index contributed by atoms with van der Waals surface area (Å²) in [6.07, 6.45) is 13.1. The van der Waals surface area contributed by atoms with Crippen LogP contribution in [0, 0.1) is 0 Å². The van der Waals surface area contributed by atoms with Gasteiger partial charge in [0.1, 0.15) is 0 Å². The molecule has 70 valence electrons. The van der Waals surface area contributed by atoms with Crippen molar-refractivity contribution in [2.24, 2.45) is 0 Å². The monoisotopic (exact) mass is 168 g/mol. The Morgan fingerprint density at radius 3 is 2.67 bits per heavy atom.